The first kappa shape index (κ1) is 17.2. The summed E-state index contributed by atoms with van der Waals surface area (Å²) >= 11 is 0. The molecular formula is C20H22N2O3. The number of hydrogen-bond donors (Lipinski definition) is 2. The van der Waals surface area contributed by atoms with Crippen LogP contribution in [0.1, 0.15) is 42.1 Å². The van der Waals surface area contributed by atoms with Gasteiger partial charge in [-0.1, -0.05) is 42.5 Å². The number of rotatable bonds is 5. The van der Waals surface area contributed by atoms with Crippen molar-refractivity contribution in [3.05, 3.63) is 65.2 Å². The predicted octanol–water partition coefficient (Wildman–Crippen LogP) is 3.14. The van der Waals surface area contributed by atoms with Gasteiger partial charge in [-0.25, -0.2) is 4.79 Å². The van der Waals surface area contributed by atoms with Crippen LogP contribution in [0.5, 0.6) is 0 Å². The van der Waals surface area contributed by atoms with E-state index in [2.05, 4.69) is 16.7 Å². The maximum Gasteiger partial charge on any atom is 0.327 e. The van der Waals surface area contributed by atoms with E-state index in [1.807, 2.05) is 49.4 Å². The van der Waals surface area contributed by atoms with E-state index in [0.717, 1.165) is 28.8 Å². The molecule has 0 fully saturated rings. The van der Waals surface area contributed by atoms with Crippen LogP contribution in [0.15, 0.2) is 48.5 Å². The Morgan fingerprint density at radius 3 is 2.60 bits per heavy atom. The molecule has 2 aromatic carbocycles. The number of hydrogen-bond acceptors (Lipinski definition) is 4. The number of nitrogens with one attached hydrogen (secondary N) is 2. The molecule has 1 heterocycles. The molecule has 5 nitrogen and oxygen atoms in total. The van der Waals surface area contributed by atoms with Crippen LogP contribution in [-0.2, 0) is 20.7 Å². The first-order valence-electron chi connectivity index (χ1n) is 8.40. The Kier molecular flexibility index (Phi) is 5.14. The van der Waals surface area contributed by atoms with E-state index in [-0.39, 0.29) is 17.9 Å². The van der Waals surface area contributed by atoms with E-state index < -0.39 is 6.04 Å². The van der Waals surface area contributed by atoms with Crippen molar-refractivity contribution in [3.63, 3.8) is 0 Å². The number of aryl methyl sites for hydroxylation is 1. The molecule has 0 saturated carbocycles. The number of ether oxygens (including phenoxy) is 1. The maximum absolute atomic E-state index is 12.2. The standard InChI is InChI=1S/C20H22N2O3/c1-13(15-8-10-17-16(12-15)9-11-18(23)22-17)21-19(20(24)25-2)14-6-4-3-5-7-14/h3-8,10,12-13,19,21H,9,11H2,1-2H3,(H,22,23)/t13-,19+/m1/s1. The fourth-order valence-corrected chi connectivity index (χ4v) is 3.08. The van der Waals surface area contributed by atoms with Gasteiger partial charge in [-0.15, -0.1) is 0 Å². The van der Waals surface area contributed by atoms with Crippen molar-refractivity contribution < 1.29 is 14.3 Å². The van der Waals surface area contributed by atoms with Crippen LogP contribution in [0.3, 0.4) is 0 Å². The quantitative estimate of drug-likeness (QED) is 0.822. The van der Waals surface area contributed by atoms with E-state index in [0.29, 0.717) is 6.42 Å². The SMILES string of the molecule is COC(=O)[C@@H](N[C@H](C)c1ccc2c(c1)CCC(=O)N2)c1ccccc1. The van der Waals surface area contributed by atoms with Crippen molar-refractivity contribution in [2.45, 2.75) is 31.8 Å². The molecule has 2 aromatic rings. The minimum atomic E-state index is -0.531. The van der Waals surface area contributed by atoms with Gasteiger partial charge in [0.1, 0.15) is 6.04 Å². The normalized spacial score (nSPS) is 15.7. The monoisotopic (exact) mass is 338 g/mol. The summed E-state index contributed by atoms with van der Waals surface area (Å²) in [5.74, 6) is -0.260. The number of methoxy groups -OCH3 is 1. The van der Waals surface area contributed by atoms with Gasteiger partial charge in [-0.05, 0) is 36.1 Å². The van der Waals surface area contributed by atoms with E-state index >= 15 is 0 Å². The highest BCUT2D eigenvalue weighted by molar-refractivity contribution is 5.93. The highest BCUT2D eigenvalue weighted by atomic mass is 16.5. The highest BCUT2D eigenvalue weighted by Gasteiger charge is 2.24. The summed E-state index contributed by atoms with van der Waals surface area (Å²) in [6, 6.07) is 14.9. The Bertz CT molecular complexity index is 774. The van der Waals surface area contributed by atoms with Crippen molar-refractivity contribution in [2.24, 2.45) is 0 Å². The fraction of sp³-hybridized carbons (Fsp3) is 0.300. The zero-order valence-electron chi connectivity index (χ0n) is 14.4. The summed E-state index contributed by atoms with van der Waals surface area (Å²) in [4.78, 5) is 23.7. The molecule has 1 amide bonds. The van der Waals surface area contributed by atoms with Gasteiger partial charge >= 0.3 is 5.97 Å². The maximum atomic E-state index is 12.2. The second kappa shape index (κ2) is 7.49. The van der Waals surface area contributed by atoms with Crippen LogP contribution in [-0.4, -0.2) is 19.0 Å². The van der Waals surface area contributed by atoms with Crippen LogP contribution in [0.2, 0.25) is 0 Å². The number of benzene rings is 2. The van der Waals surface area contributed by atoms with E-state index in [9.17, 15) is 9.59 Å². The smallest absolute Gasteiger partial charge is 0.327 e. The van der Waals surface area contributed by atoms with Crippen LogP contribution < -0.4 is 10.6 Å². The molecule has 3 rings (SSSR count). The first-order valence-corrected chi connectivity index (χ1v) is 8.40. The van der Waals surface area contributed by atoms with E-state index in [1.165, 1.54) is 7.11 Å². The molecule has 0 aromatic heterocycles. The molecule has 0 bridgehead atoms. The molecule has 2 N–H and O–H groups in total. The van der Waals surface area contributed by atoms with Gasteiger partial charge in [-0.2, -0.15) is 0 Å². The first-order chi connectivity index (χ1) is 12.1. The molecule has 25 heavy (non-hydrogen) atoms. The van der Waals surface area contributed by atoms with Crippen molar-refractivity contribution in [1.82, 2.24) is 5.32 Å². The molecule has 2 atom stereocenters. The summed E-state index contributed by atoms with van der Waals surface area (Å²) in [5, 5.41) is 6.24. The second-order valence-electron chi connectivity index (χ2n) is 6.22. The lowest BCUT2D eigenvalue weighted by atomic mass is 9.97. The third-order valence-corrected chi connectivity index (χ3v) is 4.51. The lowest BCUT2D eigenvalue weighted by Crippen LogP contribution is -2.32. The number of amides is 1. The summed E-state index contributed by atoms with van der Waals surface area (Å²) in [6.07, 6.45) is 1.24. The Morgan fingerprint density at radius 2 is 1.88 bits per heavy atom. The van der Waals surface area contributed by atoms with E-state index in [1.54, 1.807) is 0 Å². The Labute approximate surface area is 147 Å². The fourth-order valence-electron chi connectivity index (χ4n) is 3.08. The largest absolute Gasteiger partial charge is 0.468 e. The summed E-state index contributed by atoms with van der Waals surface area (Å²) < 4.78 is 4.96. The molecule has 130 valence electrons. The topological polar surface area (TPSA) is 67.4 Å². The number of anilines is 1. The Hall–Kier alpha value is -2.66. The number of carbonyl (C=O) groups excluding carboxylic acids is 2. The van der Waals surface area contributed by atoms with Gasteiger partial charge in [0, 0.05) is 18.2 Å². The molecule has 0 aliphatic carbocycles. The lowest BCUT2D eigenvalue weighted by Gasteiger charge is -2.24. The molecular weight excluding hydrogens is 316 g/mol. The van der Waals surface area contributed by atoms with Crippen molar-refractivity contribution in [1.29, 1.82) is 0 Å². The number of fused-ring (bicyclic) bond motifs is 1. The lowest BCUT2D eigenvalue weighted by molar-refractivity contribution is -0.143. The Balaban J connectivity index is 1.81. The van der Waals surface area contributed by atoms with Crippen molar-refractivity contribution in [2.75, 3.05) is 12.4 Å². The molecule has 1 aliphatic heterocycles. The molecule has 0 spiro atoms. The van der Waals surface area contributed by atoms with Crippen molar-refractivity contribution in [3.8, 4) is 0 Å². The highest BCUT2D eigenvalue weighted by Crippen LogP contribution is 2.27. The molecule has 0 radical (unpaired) electrons. The zero-order chi connectivity index (χ0) is 17.8. The molecule has 5 heteroatoms. The average Bonchev–Trinajstić information content (AvgIpc) is 2.65. The van der Waals surface area contributed by atoms with Gasteiger partial charge in [-0.3, -0.25) is 10.1 Å². The van der Waals surface area contributed by atoms with Gasteiger partial charge in [0.05, 0.1) is 7.11 Å². The molecule has 0 unspecified atom stereocenters. The predicted molar refractivity (Wildman–Crippen MR) is 96.1 cm³/mol. The third-order valence-electron chi connectivity index (χ3n) is 4.51. The second-order valence-corrected chi connectivity index (χ2v) is 6.22. The van der Waals surface area contributed by atoms with Crippen LogP contribution >= 0.6 is 0 Å². The van der Waals surface area contributed by atoms with Gasteiger partial charge < -0.3 is 10.1 Å². The summed E-state index contributed by atoms with van der Waals surface area (Å²) in [6.45, 7) is 2.02. The Morgan fingerprint density at radius 1 is 1.12 bits per heavy atom. The number of carbonyl (C=O) groups is 2. The average molecular weight is 338 g/mol. The van der Waals surface area contributed by atoms with Crippen LogP contribution in [0.25, 0.3) is 0 Å². The molecule has 0 saturated heterocycles. The van der Waals surface area contributed by atoms with Gasteiger partial charge in [0.2, 0.25) is 5.91 Å². The summed E-state index contributed by atoms with van der Waals surface area (Å²) in [5.41, 5.74) is 3.94. The van der Waals surface area contributed by atoms with Crippen LogP contribution in [0, 0.1) is 0 Å². The zero-order valence-corrected chi connectivity index (χ0v) is 14.4. The van der Waals surface area contributed by atoms with Crippen LogP contribution in [0.4, 0.5) is 5.69 Å². The van der Waals surface area contributed by atoms with Crippen molar-refractivity contribution >= 4 is 17.6 Å². The summed E-state index contributed by atoms with van der Waals surface area (Å²) in [7, 11) is 1.40. The van der Waals surface area contributed by atoms with E-state index in [4.69, 9.17) is 4.74 Å². The van der Waals surface area contributed by atoms with Gasteiger partial charge in [0.25, 0.3) is 0 Å². The van der Waals surface area contributed by atoms with Gasteiger partial charge in [0.15, 0.2) is 0 Å². The third kappa shape index (κ3) is 3.88. The number of esters is 1. The molecule has 1 aliphatic rings. The minimum absolute atomic E-state index is 0.0489. The minimum Gasteiger partial charge on any atom is -0.468 e.